The van der Waals surface area contributed by atoms with Gasteiger partial charge in [0.2, 0.25) is 5.91 Å². The number of fused-ring (bicyclic) bond motifs is 1. The van der Waals surface area contributed by atoms with Crippen molar-refractivity contribution in [2.75, 3.05) is 20.8 Å². The summed E-state index contributed by atoms with van der Waals surface area (Å²) in [6.45, 7) is 0.518. The smallest absolute Gasteiger partial charge is 0.339 e. The van der Waals surface area contributed by atoms with Crippen LogP contribution >= 0.6 is 0 Å². The molecule has 0 saturated heterocycles. The van der Waals surface area contributed by atoms with Crippen molar-refractivity contribution in [2.24, 2.45) is 5.92 Å². The molecule has 1 atom stereocenters. The molecular formula is C20H21NO6. The zero-order valence-electron chi connectivity index (χ0n) is 15.2. The largest absolute Gasteiger partial charge is 0.497 e. The minimum absolute atomic E-state index is 0.0631. The number of carbonyl (C=O) groups excluding carboxylic acids is 1. The molecule has 0 radical (unpaired) electrons. The molecule has 0 spiro atoms. The van der Waals surface area contributed by atoms with Crippen molar-refractivity contribution in [3.05, 3.63) is 53.1 Å². The van der Waals surface area contributed by atoms with Gasteiger partial charge in [-0.05, 0) is 35.7 Å². The van der Waals surface area contributed by atoms with Crippen LogP contribution in [0.15, 0.2) is 36.4 Å². The van der Waals surface area contributed by atoms with Gasteiger partial charge in [-0.2, -0.15) is 0 Å². The van der Waals surface area contributed by atoms with Crippen molar-refractivity contribution in [1.29, 1.82) is 0 Å². The molecular weight excluding hydrogens is 350 g/mol. The Labute approximate surface area is 156 Å². The maximum absolute atomic E-state index is 12.5. The standard InChI is InChI=1S/C20H21NO6/c1-25-15-5-4-13-8-14(11-27-18(13)9-15)19(22)21-10-12-3-6-17(26-2)16(7-12)20(23)24/h3-7,9,14H,8,10-11H2,1-2H3,(H,21,22)(H,23,24)/t14-/m0/s1. The molecule has 1 heterocycles. The fourth-order valence-corrected chi connectivity index (χ4v) is 3.01. The van der Waals surface area contributed by atoms with Crippen molar-refractivity contribution in [2.45, 2.75) is 13.0 Å². The number of carbonyl (C=O) groups is 2. The monoisotopic (exact) mass is 371 g/mol. The number of methoxy groups -OCH3 is 2. The lowest BCUT2D eigenvalue weighted by molar-refractivity contribution is -0.126. The molecule has 0 aliphatic carbocycles. The predicted octanol–water partition coefficient (Wildman–Crippen LogP) is 2.27. The molecule has 0 aromatic heterocycles. The van der Waals surface area contributed by atoms with E-state index in [4.69, 9.17) is 14.2 Å². The first-order chi connectivity index (χ1) is 13.0. The summed E-state index contributed by atoms with van der Waals surface area (Å²) in [5.41, 5.74) is 1.70. The van der Waals surface area contributed by atoms with Crippen LogP contribution in [0.4, 0.5) is 0 Å². The minimum Gasteiger partial charge on any atom is -0.497 e. The number of benzene rings is 2. The summed E-state index contributed by atoms with van der Waals surface area (Å²) in [4.78, 5) is 23.8. The zero-order chi connectivity index (χ0) is 19.4. The lowest BCUT2D eigenvalue weighted by Crippen LogP contribution is -2.37. The third-order valence-electron chi connectivity index (χ3n) is 4.51. The van der Waals surface area contributed by atoms with Gasteiger partial charge >= 0.3 is 5.97 Å². The van der Waals surface area contributed by atoms with Gasteiger partial charge in [-0.1, -0.05) is 12.1 Å². The van der Waals surface area contributed by atoms with Gasteiger partial charge < -0.3 is 24.6 Å². The molecule has 27 heavy (non-hydrogen) atoms. The molecule has 2 aromatic rings. The third-order valence-corrected chi connectivity index (χ3v) is 4.51. The molecule has 2 aromatic carbocycles. The molecule has 0 bridgehead atoms. The van der Waals surface area contributed by atoms with Crippen molar-refractivity contribution in [1.82, 2.24) is 5.32 Å². The first-order valence-corrected chi connectivity index (χ1v) is 8.49. The zero-order valence-corrected chi connectivity index (χ0v) is 15.2. The fourth-order valence-electron chi connectivity index (χ4n) is 3.01. The van der Waals surface area contributed by atoms with E-state index in [-0.39, 0.29) is 36.3 Å². The predicted molar refractivity (Wildman–Crippen MR) is 97.5 cm³/mol. The van der Waals surface area contributed by atoms with Gasteiger partial charge in [-0.3, -0.25) is 4.79 Å². The number of hydrogen-bond donors (Lipinski definition) is 2. The summed E-state index contributed by atoms with van der Waals surface area (Å²) >= 11 is 0. The van der Waals surface area contributed by atoms with Gasteiger partial charge in [0.1, 0.15) is 29.4 Å². The van der Waals surface area contributed by atoms with E-state index < -0.39 is 5.97 Å². The highest BCUT2D eigenvalue weighted by Crippen LogP contribution is 2.31. The number of carboxylic acid groups (broad SMARTS) is 1. The molecule has 3 rings (SSSR count). The fraction of sp³-hybridized carbons (Fsp3) is 0.300. The molecule has 0 unspecified atom stereocenters. The minimum atomic E-state index is -1.08. The van der Waals surface area contributed by atoms with E-state index in [0.29, 0.717) is 17.7 Å². The molecule has 0 saturated carbocycles. The van der Waals surface area contributed by atoms with Gasteiger partial charge in [-0.25, -0.2) is 4.79 Å². The molecule has 7 heteroatoms. The Balaban J connectivity index is 1.63. The van der Waals surface area contributed by atoms with Gasteiger partial charge in [-0.15, -0.1) is 0 Å². The van der Waals surface area contributed by atoms with Gasteiger partial charge in [0, 0.05) is 12.6 Å². The molecule has 1 aliphatic rings. The van der Waals surface area contributed by atoms with E-state index in [1.165, 1.54) is 13.2 Å². The molecule has 7 nitrogen and oxygen atoms in total. The van der Waals surface area contributed by atoms with E-state index >= 15 is 0 Å². The number of rotatable bonds is 6. The second kappa shape index (κ2) is 7.99. The summed E-state index contributed by atoms with van der Waals surface area (Å²) in [5, 5.41) is 12.1. The number of amides is 1. The highest BCUT2D eigenvalue weighted by molar-refractivity contribution is 5.91. The van der Waals surface area contributed by atoms with Crippen molar-refractivity contribution >= 4 is 11.9 Å². The quantitative estimate of drug-likeness (QED) is 0.809. The number of nitrogens with one attached hydrogen (secondary N) is 1. The first-order valence-electron chi connectivity index (χ1n) is 8.49. The van der Waals surface area contributed by atoms with E-state index in [1.807, 2.05) is 18.2 Å². The maximum atomic E-state index is 12.5. The summed E-state index contributed by atoms with van der Waals surface area (Å²) in [5.74, 6) is 0.218. The van der Waals surface area contributed by atoms with E-state index in [9.17, 15) is 14.7 Å². The van der Waals surface area contributed by atoms with Crippen LogP contribution in [-0.2, 0) is 17.8 Å². The lowest BCUT2D eigenvalue weighted by atomic mass is 9.95. The van der Waals surface area contributed by atoms with Crippen LogP contribution in [0.5, 0.6) is 17.2 Å². The average molecular weight is 371 g/mol. The van der Waals surface area contributed by atoms with Crippen LogP contribution in [0.2, 0.25) is 0 Å². The normalized spacial score (nSPS) is 15.3. The Bertz CT molecular complexity index is 864. The molecule has 1 aliphatic heterocycles. The van der Waals surface area contributed by atoms with Crippen LogP contribution in [0.25, 0.3) is 0 Å². The Morgan fingerprint density at radius 3 is 2.70 bits per heavy atom. The van der Waals surface area contributed by atoms with Crippen LogP contribution in [0.3, 0.4) is 0 Å². The Kier molecular flexibility index (Phi) is 5.49. The number of carboxylic acids is 1. The van der Waals surface area contributed by atoms with Gasteiger partial charge in [0.05, 0.1) is 20.1 Å². The van der Waals surface area contributed by atoms with E-state index in [1.54, 1.807) is 19.2 Å². The molecule has 0 fully saturated rings. The Morgan fingerprint density at radius 2 is 2.00 bits per heavy atom. The first kappa shape index (κ1) is 18.6. The Hall–Kier alpha value is -3.22. The highest BCUT2D eigenvalue weighted by Gasteiger charge is 2.26. The van der Waals surface area contributed by atoms with Gasteiger partial charge in [0.25, 0.3) is 0 Å². The van der Waals surface area contributed by atoms with Crippen molar-refractivity contribution < 1.29 is 28.9 Å². The number of hydrogen-bond acceptors (Lipinski definition) is 5. The summed E-state index contributed by atoms with van der Waals surface area (Å²) < 4.78 is 15.9. The molecule has 142 valence electrons. The third kappa shape index (κ3) is 4.13. The average Bonchev–Trinajstić information content (AvgIpc) is 2.70. The van der Waals surface area contributed by atoms with Gasteiger partial charge in [0.15, 0.2) is 0 Å². The van der Waals surface area contributed by atoms with Crippen LogP contribution in [0.1, 0.15) is 21.5 Å². The van der Waals surface area contributed by atoms with E-state index in [2.05, 4.69) is 5.32 Å². The SMILES string of the molecule is COc1ccc2c(c1)OC[C@@H](C(=O)NCc1ccc(OC)c(C(=O)O)c1)C2. The summed E-state index contributed by atoms with van der Waals surface area (Å²) in [7, 11) is 3.01. The maximum Gasteiger partial charge on any atom is 0.339 e. The van der Waals surface area contributed by atoms with E-state index in [0.717, 1.165) is 11.3 Å². The lowest BCUT2D eigenvalue weighted by Gasteiger charge is -2.25. The number of ether oxygens (including phenoxy) is 3. The summed E-state index contributed by atoms with van der Waals surface area (Å²) in [6.07, 6.45) is 0.578. The second-order valence-corrected chi connectivity index (χ2v) is 6.24. The topological polar surface area (TPSA) is 94.1 Å². The highest BCUT2D eigenvalue weighted by atomic mass is 16.5. The molecule has 1 amide bonds. The Morgan fingerprint density at radius 1 is 1.19 bits per heavy atom. The molecule has 2 N–H and O–H groups in total. The summed E-state index contributed by atoms with van der Waals surface area (Å²) in [6, 6.07) is 10.4. The second-order valence-electron chi connectivity index (χ2n) is 6.24. The van der Waals surface area contributed by atoms with Crippen LogP contribution in [0, 0.1) is 5.92 Å². The van der Waals surface area contributed by atoms with Crippen molar-refractivity contribution in [3.8, 4) is 17.2 Å². The van der Waals surface area contributed by atoms with Crippen LogP contribution in [-0.4, -0.2) is 37.8 Å². The van der Waals surface area contributed by atoms with Crippen LogP contribution < -0.4 is 19.5 Å². The van der Waals surface area contributed by atoms with Crippen molar-refractivity contribution in [3.63, 3.8) is 0 Å². The number of aromatic carboxylic acids is 1.